The quantitative estimate of drug-likeness (QED) is 0.728. The van der Waals surface area contributed by atoms with Gasteiger partial charge in [-0.1, -0.05) is 50.6 Å². The Hall–Kier alpha value is -1.11. The third kappa shape index (κ3) is 2.04. The predicted octanol–water partition coefficient (Wildman–Crippen LogP) is 3.94. The molecule has 1 fully saturated rings. The number of hydrogen-bond donors (Lipinski definition) is 0. The van der Waals surface area contributed by atoms with Crippen molar-refractivity contribution in [2.45, 2.75) is 45.4 Å². The topological polar surface area (TPSA) is 17.1 Å². The van der Waals surface area contributed by atoms with Crippen LogP contribution in [-0.2, 0) is 4.79 Å². The van der Waals surface area contributed by atoms with Crippen molar-refractivity contribution in [3.05, 3.63) is 35.9 Å². The van der Waals surface area contributed by atoms with Gasteiger partial charge >= 0.3 is 0 Å². The third-order valence-corrected chi connectivity index (χ3v) is 3.83. The molecule has 1 aliphatic carbocycles. The van der Waals surface area contributed by atoms with Crippen molar-refractivity contribution in [1.29, 1.82) is 0 Å². The van der Waals surface area contributed by atoms with Gasteiger partial charge in [-0.05, 0) is 24.3 Å². The number of unbranched alkanes of at least 4 members (excludes halogenated alkanes) is 1. The minimum absolute atomic E-state index is 0.0590. The highest BCUT2D eigenvalue weighted by Crippen LogP contribution is 2.60. The van der Waals surface area contributed by atoms with Gasteiger partial charge in [0.25, 0.3) is 0 Å². The average molecular weight is 216 g/mol. The highest BCUT2D eigenvalue weighted by atomic mass is 16.1. The first-order valence-corrected chi connectivity index (χ1v) is 6.26. The van der Waals surface area contributed by atoms with Crippen LogP contribution in [0.15, 0.2) is 30.3 Å². The summed E-state index contributed by atoms with van der Waals surface area (Å²) in [7, 11) is 0. The molecule has 0 unspecified atom stereocenters. The molecule has 1 heteroatoms. The van der Waals surface area contributed by atoms with E-state index in [-0.39, 0.29) is 5.41 Å². The molecule has 2 rings (SSSR count). The lowest BCUT2D eigenvalue weighted by Gasteiger charge is -2.09. The molecule has 0 saturated heterocycles. The van der Waals surface area contributed by atoms with Crippen LogP contribution >= 0.6 is 0 Å². The minimum atomic E-state index is -0.0590. The number of carbonyl (C=O) groups is 1. The first-order chi connectivity index (χ1) is 7.68. The summed E-state index contributed by atoms with van der Waals surface area (Å²) < 4.78 is 0. The molecule has 0 bridgehead atoms. The van der Waals surface area contributed by atoms with E-state index >= 15 is 0 Å². The predicted molar refractivity (Wildman–Crippen MR) is 66.4 cm³/mol. The Morgan fingerprint density at radius 3 is 2.69 bits per heavy atom. The number of benzene rings is 1. The summed E-state index contributed by atoms with van der Waals surface area (Å²) in [6.07, 6.45) is 3.95. The highest BCUT2D eigenvalue weighted by molar-refractivity contribution is 5.88. The van der Waals surface area contributed by atoms with E-state index in [0.717, 1.165) is 25.7 Å². The number of ketones is 1. The van der Waals surface area contributed by atoms with Crippen molar-refractivity contribution in [3.63, 3.8) is 0 Å². The minimum Gasteiger partial charge on any atom is -0.299 e. The second-order valence-corrected chi connectivity index (χ2v) is 5.11. The summed E-state index contributed by atoms with van der Waals surface area (Å²) in [6.45, 7) is 4.26. The smallest absolute Gasteiger partial charge is 0.139 e. The molecular weight excluding hydrogens is 196 g/mol. The SMILES string of the molecule is CCCCC(=O)[C@@]1(C)C[C@@H]1c1ccccc1. The van der Waals surface area contributed by atoms with E-state index in [0.29, 0.717) is 11.7 Å². The normalized spacial score (nSPS) is 27.8. The second kappa shape index (κ2) is 4.40. The Kier molecular flexibility index (Phi) is 3.13. The first kappa shape index (κ1) is 11.4. The first-order valence-electron chi connectivity index (χ1n) is 6.26. The van der Waals surface area contributed by atoms with E-state index in [1.807, 2.05) is 6.07 Å². The number of carbonyl (C=O) groups excluding carboxylic acids is 1. The van der Waals surface area contributed by atoms with Gasteiger partial charge in [0, 0.05) is 11.8 Å². The zero-order valence-corrected chi connectivity index (χ0v) is 10.2. The van der Waals surface area contributed by atoms with Crippen LogP contribution in [-0.4, -0.2) is 5.78 Å². The molecule has 1 aliphatic rings. The molecule has 0 spiro atoms. The van der Waals surface area contributed by atoms with Gasteiger partial charge in [-0.2, -0.15) is 0 Å². The fraction of sp³-hybridized carbons (Fsp3) is 0.533. The van der Waals surface area contributed by atoms with Crippen LogP contribution in [0.4, 0.5) is 0 Å². The standard InChI is InChI=1S/C15H20O/c1-3-4-10-14(16)15(2)11-13(15)12-8-6-5-7-9-12/h5-9,13H,3-4,10-11H2,1-2H3/t13-,15+/m1/s1. The Balaban J connectivity index is 2.01. The highest BCUT2D eigenvalue weighted by Gasteiger charge is 2.55. The summed E-state index contributed by atoms with van der Waals surface area (Å²) in [5, 5.41) is 0. The Morgan fingerprint density at radius 2 is 2.06 bits per heavy atom. The molecule has 1 aromatic rings. The molecule has 0 heterocycles. The fourth-order valence-electron chi connectivity index (χ4n) is 2.47. The fourth-order valence-corrected chi connectivity index (χ4v) is 2.47. The number of rotatable bonds is 5. The molecule has 16 heavy (non-hydrogen) atoms. The van der Waals surface area contributed by atoms with Crippen molar-refractivity contribution in [2.24, 2.45) is 5.41 Å². The van der Waals surface area contributed by atoms with Gasteiger partial charge in [0.05, 0.1) is 0 Å². The molecule has 0 aromatic heterocycles. The van der Waals surface area contributed by atoms with E-state index in [1.165, 1.54) is 5.56 Å². The molecule has 0 aliphatic heterocycles. The van der Waals surface area contributed by atoms with E-state index in [2.05, 4.69) is 38.1 Å². The molecular formula is C15H20O. The van der Waals surface area contributed by atoms with Crippen molar-refractivity contribution in [2.75, 3.05) is 0 Å². The van der Waals surface area contributed by atoms with Crippen LogP contribution in [0.5, 0.6) is 0 Å². The van der Waals surface area contributed by atoms with E-state index in [9.17, 15) is 4.79 Å². The third-order valence-electron chi connectivity index (χ3n) is 3.83. The van der Waals surface area contributed by atoms with Gasteiger partial charge in [0.2, 0.25) is 0 Å². The van der Waals surface area contributed by atoms with Gasteiger partial charge < -0.3 is 0 Å². The van der Waals surface area contributed by atoms with Crippen molar-refractivity contribution in [3.8, 4) is 0 Å². The molecule has 0 amide bonds. The Labute approximate surface area is 97.9 Å². The average Bonchev–Trinajstić information content (AvgIpc) is 3.01. The van der Waals surface area contributed by atoms with Gasteiger partial charge in [-0.3, -0.25) is 4.79 Å². The summed E-state index contributed by atoms with van der Waals surface area (Å²) >= 11 is 0. The van der Waals surface area contributed by atoms with E-state index in [4.69, 9.17) is 0 Å². The van der Waals surface area contributed by atoms with Crippen molar-refractivity contribution < 1.29 is 4.79 Å². The maximum Gasteiger partial charge on any atom is 0.139 e. The molecule has 1 saturated carbocycles. The van der Waals surface area contributed by atoms with Gasteiger partial charge in [0.15, 0.2) is 0 Å². The van der Waals surface area contributed by atoms with Crippen LogP contribution in [0.2, 0.25) is 0 Å². The summed E-state index contributed by atoms with van der Waals surface area (Å²) in [6, 6.07) is 10.4. The van der Waals surface area contributed by atoms with Crippen LogP contribution < -0.4 is 0 Å². The van der Waals surface area contributed by atoms with Crippen LogP contribution in [0, 0.1) is 5.41 Å². The van der Waals surface area contributed by atoms with Gasteiger partial charge in [0.1, 0.15) is 5.78 Å². The van der Waals surface area contributed by atoms with Gasteiger partial charge in [-0.15, -0.1) is 0 Å². The lowest BCUT2D eigenvalue weighted by molar-refractivity contribution is -0.123. The molecule has 1 aromatic carbocycles. The monoisotopic (exact) mass is 216 g/mol. The zero-order valence-electron chi connectivity index (χ0n) is 10.2. The lowest BCUT2D eigenvalue weighted by Crippen LogP contribution is -2.13. The van der Waals surface area contributed by atoms with Crippen LogP contribution in [0.3, 0.4) is 0 Å². The van der Waals surface area contributed by atoms with Crippen LogP contribution in [0.1, 0.15) is 51.0 Å². The van der Waals surface area contributed by atoms with E-state index in [1.54, 1.807) is 0 Å². The number of Topliss-reactive ketones (excluding diaryl/α,β-unsaturated/α-hetero) is 1. The van der Waals surface area contributed by atoms with Gasteiger partial charge in [-0.25, -0.2) is 0 Å². The maximum atomic E-state index is 12.1. The molecule has 0 N–H and O–H groups in total. The molecule has 0 radical (unpaired) electrons. The molecule has 86 valence electrons. The summed E-state index contributed by atoms with van der Waals surface area (Å²) in [5.41, 5.74) is 1.27. The van der Waals surface area contributed by atoms with Crippen molar-refractivity contribution in [1.82, 2.24) is 0 Å². The van der Waals surface area contributed by atoms with E-state index < -0.39 is 0 Å². The van der Waals surface area contributed by atoms with Crippen LogP contribution in [0.25, 0.3) is 0 Å². The Morgan fingerprint density at radius 1 is 1.38 bits per heavy atom. The maximum absolute atomic E-state index is 12.1. The molecule has 1 nitrogen and oxygen atoms in total. The summed E-state index contributed by atoms with van der Waals surface area (Å²) in [5.74, 6) is 0.932. The van der Waals surface area contributed by atoms with Crippen molar-refractivity contribution >= 4 is 5.78 Å². The lowest BCUT2D eigenvalue weighted by atomic mass is 9.93. The Bertz CT molecular complexity index is 368. The summed E-state index contributed by atoms with van der Waals surface area (Å²) in [4.78, 5) is 12.1. The molecule has 2 atom stereocenters. The number of hydrogen-bond acceptors (Lipinski definition) is 1. The zero-order chi connectivity index (χ0) is 11.6. The second-order valence-electron chi connectivity index (χ2n) is 5.11. The largest absolute Gasteiger partial charge is 0.299 e.